The number of benzene rings is 2. The fourth-order valence-electron chi connectivity index (χ4n) is 2.98. The Hall–Kier alpha value is -2.89. The van der Waals surface area contributed by atoms with Crippen LogP contribution in [0.4, 0.5) is 4.39 Å². The van der Waals surface area contributed by atoms with Gasteiger partial charge in [-0.15, -0.1) is 0 Å². The first kappa shape index (κ1) is 17.9. The van der Waals surface area contributed by atoms with Crippen LogP contribution in [-0.2, 0) is 21.4 Å². The van der Waals surface area contributed by atoms with E-state index in [1.165, 1.54) is 6.07 Å². The van der Waals surface area contributed by atoms with Crippen molar-refractivity contribution in [2.45, 2.75) is 24.7 Å². The summed E-state index contributed by atoms with van der Waals surface area (Å²) in [5.74, 6) is -1.02. The predicted octanol–water partition coefficient (Wildman–Crippen LogP) is 2.68. The quantitative estimate of drug-likeness (QED) is 0.762. The van der Waals surface area contributed by atoms with Gasteiger partial charge in [-0.25, -0.2) is 9.18 Å². The fraction of sp³-hybridized carbons (Fsp3) is 0.300. The molecule has 3 rings (SSSR count). The Balaban J connectivity index is 1.51. The van der Waals surface area contributed by atoms with Crippen LogP contribution in [0, 0.1) is 5.82 Å². The molecule has 1 amide bonds. The first-order valence-electron chi connectivity index (χ1n) is 8.48. The Morgan fingerprint density at radius 3 is 2.42 bits per heavy atom. The lowest BCUT2D eigenvalue weighted by Gasteiger charge is -2.16. The maximum Gasteiger partial charge on any atom is 0.341 e. The minimum Gasteiger partial charge on any atom is -0.482 e. The van der Waals surface area contributed by atoms with Crippen LogP contribution >= 0.6 is 0 Å². The van der Waals surface area contributed by atoms with Gasteiger partial charge in [0.15, 0.2) is 6.61 Å². The topological polar surface area (TPSA) is 75.6 Å². The van der Waals surface area contributed by atoms with Crippen LogP contribution in [0.25, 0.3) is 0 Å². The number of rotatable bonds is 8. The highest BCUT2D eigenvalue weighted by atomic mass is 19.1. The van der Waals surface area contributed by atoms with Crippen LogP contribution in [0.3, 0.4) is 0 Å². The van der Waals surface area contributed by atoms with Crippen LogP contribution in [0.15, 0.2) is 48.5 Å². The van der Waals surface area contributed by atoms with Gasteiger partial charge >= 0.3 is 5.97 Å². The monoisotopic (exact) mass is 357 g/mol. The van der Waals surface area contributed by atoms with Crippen molar-refractivity contribution >= 4 is 11.9 Å². The Kier molecular flexibility index (Phi) is 5.21. The number of ether oxygens (including phenoxy) is 1. The molecule has 2 aromatic rings. The van der Waals surface area contributed by atoms with E-state index < -0.39 is 11.4 Å². The van der Waals surface area contributed by atoms with Gasteiger partial charge in [0.05, 0.1) is 5.41 Å². The van der Waals surface area contributed by atoms with E-state index in [2.05, 4.69) is 5.32 Å². The lowest BCUT2D eigenvalue weighted by atomic mass is 9.94. The van der Waals surface area contributed by atoms with Crippen LogP contribution < -0.4 is 10.1 Å². The van der Waals surface area contributed by atoms with E-state index in [0.29, 0.717) is 37.1 Å². The van der Waals surface area contributed by atoms with E-state index in [1.807, 2.05) is 12.1 Å². The van der Waals surface area contributed by atoms with Gasteiger partial charge in [-0.1, -0.05) is 30.3 Å². The largest absolute Gasteiger partial charge is 0.482 e. The molecule has 0 radical (unpaired) electrons. The van der Waals surface area contributed by atoms with Gasteiger partial charge in [0.25, 0.3) is 0 Å². The molecule has 5 nitrogen and oxygen atoms in total. The predicted molar refractivity (Wildman–Crippen MR) is 93.6 cm³/mol. The summed E-state index contributed by atoms with van der Waals surface area (Å²) in [6, 6.07) is 13.5. The number of halogens is 1. The fourth-order valence-corrected chi connectivity index (χ4v) is 2.98. The Bertz CT molecular complexity index is 800. The van der Waals surface area contributed by atoms with Gasteiger partial charge in [-0.3, -0.25) is 4.79 Å². The molecule has 0 heterocycles. The molecule has 2 N–H and O–H groups in total. The van der Waals surface area contributed by atoms with Gasteiger partial charge < -0.3 is 15.2 Å². The number of aliphatic carboxylic acids is 1. The smallest absolute Gasteiger partial charge is 0.341 e. The first-order valence-corrected chi connectivity index (χ1v) is 8.48. The van der Waals surface area contributed by atoms with E-state index in [4.69, 9.17) is 9.84 Å². The minimum absolute atomic E-state index is 0.135. The van der Waals surface area contributed by atoms with Crippen LogP contribution in [-0.4, -0.2) is 30.1 Å². The molecule has 1 saturated carbocycles. The zero-order valence-corrected chi connectivity index (χ0v) is 14.2. The van der Waals surface area contributed by atoms with Crippen molar-refractivity contribution in [2.24, 2.45) is 0 Å². The second-order valence-electron chi connectivity index (χ2n) is 6.39. The highest BCUT2D eigenvalue weighted by molar-refractivity contribution is 5.91. The summed E-state index contributed by atoms with van der Waals surface area (Å²) in [5.41, 5.74) is 0.737. The standard InChI is InChI=1S/C20H20FNO4/c21-17-4-2-1-3-16(17)20(10-11-20)19(25)22-12-9-14-5-7-15(8-6-14)26-13-18(23)24/h1-8H,9-13H2,(H,22,25)(H,23,24). The highest BCUT2D eigenvalue weighted by Crippen LogP contribution is 2.49. The van der Waals surface area contributed by atoms with Crippen molar-refractivity contribution < 1.29 is 23.8 Å². The minimum atomic E-state index is -1.03. The SMILES string of the molecule is O=C(O)COc1ccc(CCNC(=O)C2(c3ccccc3F)CC2)cc1. The third kappa shape index (κ3) is 4.02. The molecule has 0 unspecified atom stereocenters. The number of nitrogens with one attached hydrogen (secondary N) is 1. The van der Waals surface area contributed by atoms with Crippen molar-refractivity contribution in [2.75, 3.05) is 13.2 Å². The molecule has 2 aromatic carbocycles. The molecule has 6 heteroatoms. The maximum atomic E-state index is 14.0. The number of carbonyl (C=O) groups excluding carboxylic acids is 1. The summed E-state index contributed by atoms with van der Waals surface area (Å²) < 4.78 is 19.1. The second-order valence-corrected chi connectivity index (χ2v) is 6.39. The third-order valence-electron chi connectivity index (χ3n) is 4.56. The molecule has 1 aliphatic carbocycles. The number of hydrogen-bond acceptors (Lipinski definition) is 3. The number of hydrogen-bond donors (Lipinski definition) is 2. The van der Waals surface area contributed by atoms with Crippen molar-refractivity contribution in [3.05, 3.63) is 65.5 Å². The molecular formula is C20H20FNO4. The molecule has 0 saturated heterocycles. The molecular weight excluding hydrogens is 337 g/mol. The first-order chi connectivity index (χ1) is 12.5. The molecule has 26 heavy (non-hydrogen) atoms. The molecule has 0 spiro atoms. The van der Waals surface area contributed by atoms with Crippen LogP contribution in [0.5, 0.6) is 5.75 Å². The van der Waals surface area contributed by atoms with Gasteiger partial charge in [0.1, 0.15) is 11.6 Å². The summed E-state index contributed by atoms with van der Waals surface area (Å²) in [7, 11) is 0. The van der Waals surface area contributed by atoms with Crippen LogP contribution in [0.1, 0.15) is 24.0 Å². The number of carboxylic acid groups (broad SMARTS) is 1. The normalized spacial score (nSPS) is 14.5. The lowest BCUT2D eigenvalue weighted by Crippen LogP contribution is -2.36. The van der Waals surface area contributed by atoms with E-state index in [1.54, 1.807) is 30.3 Å². The zero-order valence-electron chi connectivity index (χ0n) is 14.2. The average molecular weight is 357 g/mol. The molecule has 1 aliphatic rings. The summed E-state index contributed by atoms with van der Waals surface area (Å²) >= 11 is 0. The summed E-state index contributed by atoms with van der Waals surface area (Å²) in [6.45, 7) is 0.0674. The van der Waals surface area contributed by atoms with E-state index in [0.717, 1.165) is 5.56 Å². The highest BCUT2D eigenvalue weighted by Gasteiger charge is 2.52. The molecule has 1 fully saturated rings. The summed E-state index contributed by atoms with van der Waals surface area (Å²) in [5, 5.41) is 11.5. The third-order valence-corrected chi connectivity index (χ3v) is 4.56. The molecule has 0 atom stereocenters. The zero-order chi connectivity index (χ0) is 18.6. The Morgan fingerprint density at radius 1 is 1.12 bits per heavy atom. The second kappa shape index (κ2) is 7.56. The van der Waals surface area contributed by atoms with Crippen molar-refractivity contribution in [1.82, 2.24) is 5.32 Å². The summed E-state index contributed by atoms with van der Waals surface area (Å²) in [4.78, 5) is 23.0. The van der Waals surface area contributed by atoms with Crippen molar-refractivity contribution in [3.8, 4) is 5.75 Å². The van der Waals surface area contributed by atoms with Gasteiger partial charge in [-0.05, 0) is 43.0 Å². The van der Waals surface area contributed by atoms with Gasteiger partial charge in [-0.2, -0.15) is 0 Å². The maximum absolute atomic E-state index is 14.0. The summed E-state index contributed by atoms with van der Waals surface area (Å²) in [6.07, 6.45) is 1.95. The van der Waals surface area contributed by atoms with Crippen LogP contribution in [0.2, 0.25) is 0 Å². The number of carbonyl (C=O) groups is 2. The number of carboxylic acids is 1. The average Bonchev–Trinajstić information content (AvgIpc) is 3.43. The van der Waals surface area contributed by atoms with E-state index in [-0.39, 0.29) is 18.3 Å². The Morgan fingerprint density at radius 2 is 1.81 bits per heavy atom. The number of amides is 1. The molecule has 136 valence electrons. The lowest BCUT2D eigenvalue weighted by molar-refractivity contribution is -0.139. The van der Waals surface area contributed by atoms with Crippen molar-refractivity contribution in [1.29, 1.82) is 0 Å². The molecule has 0 aromatic heterocycles. The Labute approximate surface area is 150 Å². The van der Waals surface area contributed by atoms with Gasteiger partial charge in [0.2, 0.25) is 5.91 Å². The molecule has 0 aliphatic heterocycles. The van der Waals surface area contributed by atoms with Gasteiger partial charge in [0, 0.05) is 12.1 Å². The van der Waals surface area contributed by atoms with Crippen molar-refractivity contribution in [3.63, 3.8) is 0 Å². The van der Waals surface area contributed by atoms with E-state index in [9.17, 15) is 14.0 Å². The van der Waals surface area contributed by atoms with E-state index >= 15 is 0 Å². The molecule has 0 bridgehead atoms.